The molecular formula is C16H17NO3. The number of para-hydroxylation sites is 1. The number of hydrogen-bond donors (Lipinski definition) is 0. The van der Waals surface area contributed by atoms with E-state index in [9.17, 15) is 9.59 Å². The normalized spacial score (nSPS) is 37.8. The highest BCUT2D eigenvalue weighted by Gasteiger charge is 2.72. The number of imide groups is 1. The average molecular weight is 271 g/mol. The Morgan fingerprint density at radius 1 is 1.35 bits per heavy atom. The first kappa shape index (κ1) is 11.9. The lowest BCUT2D eigenvalue weighted by Crippen LogP contribution is -2.58. The van der Waals surface area contributed by atoms with Gasteiger partial charge in [-0.1, -0.05) is 19.1 Å². The highest BCUT2D eigenvalue weighted by Crippen LogP contribution is 2.63. The standard InChI is InChI=1S/C16H17NO3/c1-8-5-4-6-11-13(8)17-14(18)12-9(2)10(7-20-11)16(12,3)15(17)19/h4-6,9-10,12H,7H2,1-3H3/t9-,10-,12-,16-/m0/s1. The van der Waals surface area contributed by atoms with Crippen molar-refractivity contribution in [3.8, 4) is 5.75 Å². The number of ether oxygens (including phenoxy) is 1. The van der Waals surface area contributed by atoms with E-state index < -0.39 is 5.41 Å². The molecule has 2 fully saturated rings. The molecule has 1 saturated carbocycles. The Bertz CT molecular complexity index is 653. The van der Waals surface area contributed by atoms with Gasteiger partial charge in [-0.3, -0.25) is 9.59 Å². The number of aryl methyl sites for hydroxylation is 1. The SMILES string of the molecule is Cc1cccc2c1N1C(=O)[C@@H]3[C@@H](C)[C@H](CO2)[C@]3(C)C1=O. The number of amides is 2. The number of nitrogens with zero attached hydrogens (tertiary/aromatic N) is 1. The summed E-state index contributed by atoms with van der Waals surface area (Å²) in [6.07, 6.45) is 0. The molecule has 0 unspecified atom stereocenters. The lowest BCUT2D eigenvalue weighted by molar-refractivity contribution is -0.156. The summed E-state index contributed by atoms with van der Waals surface area (Å²) in [5.74, 6) is 0.693. The Hall–Kier alpha value is -1.84. The third-order valence-electron chi connectivity index (χ3n) is 5.57. The average Bonchev–Trinajstić information content (AvgIpc) is 2.61. The number of carbonyl (C=O) groups excluding carboxylic acids is 2. The lowest BCUT2D eigenvalue weighted by Gasteiger charge is -2.51. The molecule has 2 heterocycles. The van der Waals surface area contributed by atoms with Crippen molar-refractivity contribution in [2.75, 3.05) is 11.5 Å². The molecule has 4 nitrogen and oxygen atoms in total. The van der Waals surface area contributed by atoms with Crippen molar-refractivity contribution in [2.45, 2.75) is 20.8 Å². The van der Waals surface area contributed by atoms with E-state index in [0.717, 1.165) is 5.56 Å². The minimum absolute atomic E-state index is 0.0468. The largest absolute Gasteiger partial charge is 0.491 e. The molecule has 2 bridgehead atoms. The fourth-order valence-electron chi connectivity index (χ4n) is 4.44. The van der Waals surface area contributed by atoms with Gasteiger partial charge in [-0.15, -0.1) is 0 Å². The number of carbonyl (C=O) groups is 2. The second kappa shape index (κ2) is 3.43. The van der Waals surface area contributed by atoms with Crippen molar-refractivity contribution in [2.24, 2.45) is 23.2 Å². The molecule has 0 N–H and O–H groups in total. The fourth-order valence-corrected chi connectivity index (χ4v) is 4.44. The van der Waals surface area contributed by atoms with Crippen LogP contribution in [-0.4, -0.2) is 18.4 Å². The van der Waals surface area contributed by atoms with Crippen LogP contribution in [0.2, 0.25) is 0 Å². The summed E-state index contributed by atoms with van der Waals surface area (Å²) in [5, 5.41) is 0. The molecule has 1 aromatic carbocycles. The number of hydrogen-bond acceptors (Lipinski definition) is 3. The van der Waals surface area contributed by atoms with Crippen LogP contribution < -0.4 is 9.64 Å². The van der Waals surface area contributed by atoms with Gasteiger partial charge in [0, 0.05) is 5.92 Å². The third kappa shape index (κ3) is 1.06. The summed E-state index contributed by atoms with van der Waals surface area (Å²) in [7, 11) is 0. The zero-order chi connectivity index (χ0) is 14.2. The molecule has 2 amide bonds. The summed E-state index contributed by atoms with van der Waals surface area (Å²) in [4.78, 5) is 26.9. The van der Waals surface area contributed by atoms with Gasteiger partial charge in [0.2, 0.25) is 11.8 Å². The van der Waals surface area contributed by atoms with Gasteiger partial charge in [-0.05, 0) is 31.4 Å². The van der Waals surface area contributed by atoms with E-state index in [1.807, 2.05) is 32.0 Å². The first-order valence-corrected chi connectivity index (χ1v) is 7.08. The third-order valence-corrected chi connectivity index (χ3v) is 5.57. The summed E-state index contributed by atoms with van der Waals surface area (Å²) < 4.78 is 5.93. The number of anilines is 1. The molecule has 0 aromatic heterocycles. The molecule has 104 valence electrons. The Morgan fingerprint density at radius 2 is 2.10 bits per heavy atom. The first-order chi connectivity index (χ1) is 9.48. The molecular weight excluding hydrogens is 254 g/mol. The Kier molecular flexibility index (Phi) is 2.05. The summed E-state index contributed by atoms with van der Waals surface area (Å²) in [6.45, 7) is 6.40. The smallest absolute Gasteiger partial charge is 0.241 e. The van der Waals surface area contributed by atoms with Gasteiger partial charge in [0.15, 0.2) is 0 Å². The molecule has 1 aliphatic carbocycles. The van der Waals surface area contributed by atoms with E-state index in [-0.39, 0.29) is 29.6 Å². The summed E-state index contributed by atoms with van der Waals surface area (Å²) >= 11 is 0. The van der Waals surface area contributed by atoms with Crippen LogP contribution in [0.1, 0.15) is 19.4 Å². The predicted octanol–water partition coefficient (Wildman–Crippen LogP) is 2.15. The Labute approximate surface area is 117 Å². The zero-order valence-corrected chi connectivity index (χ0v) is 11.8. The van der Waals surface area contributed by atoms with Crippen LogP contribution in [-0.2, 0) is 9.59 Å². The van der Waals surface area contributed by atoms with Crippen molar-refractivity contribution in [3.63, 3.8) is 0 Å². The molecule has 1 aromatic rings. The molecule has 4 atom stereocenters. The maximum absolute atomic E-state index is 12.8. The van der Waals surface area contributed by atoms with Gasteiger partial charge in [0.25, 0.3) is 0 Å². The van der Waals surface area contributed by atoms with Gasteiger partial charge in [0.1, 0.15) is 5.75 Å². The first-order valence-electron chi connectivity index (χ1n) is 7.08. The Morgan fingerprint density at radius 3 is 2.85 bits per heavy atom. The zero-order valence-electron chi connectivity index (χ0n) is 11.8. The van der Waals surface area contributed by atoms with Crippen molar-refractivity contribution in [1.29, 1.82) is 0 Å². The van der Waals surface area contributed by atoms with Crippen LogP contribution in [0.4, 0.5) is 5.69 Å². The van der Waals surface area contributed by atoms with Crippen LogP contribution in [0.15, 0.2) is 18.2 Å². The van der Waals surface area contributed by atoms with E-state index in [4.69, 9.17) is 4.74 Å². The number of benzene rings is 1. The van der Waals surface area contributed by atoms with Gasteiger partial charge in [0.05, 0.1) is 23.6 Å². The lowest BCUT2D eigenvalue weighted by atomic mass is 9.49. The minimum Gasteiger partial charge on any atom is -0.491 e. The van der Waals surface area contributed by atoms with Crippen LogP contribution in [0.25, 0.3) is 0 Å². The van der Waals surface area contributed by atoms with Crippen molar-refractivity contribution in [3.05, 3.63) is 23.8 Å². The quantitative estimate of drug-likeness (QED) is 0.679. The van der Waals surface area contributed by atoms with Gasteiger partial charge in [-0.25, -0.2) is 4.90 Å². The van der Waals surface area contributed by atoms with Gasteiger partial charge in [-0.2, -0.15) is 0 Å². The van der Waals surface area contributed by atoms with E-state index in [0.29, 0.717) is 18.0 Å². The topological polar surface area (TPSA) is 46.6 Å². The van der Waals surface area contributed by atoms with Crippen molar-refractivity contribution < 1.29 is 14.3 Å². The molecule has 20 heavy (non-hydrogen) atoms. The fraction of sp³-hybridized carbons (Fsp3) is 0.500. The van der Waals surface area contributed by atoms with Crippen LogP contribution in [0.5, 0.6) is 5.75 Å². The molecule has 0 spiro atoms. The van der Waals surface area contributed by atoms with E-state index in [2.05, 4.69) is 6.92 Å². The molecule has 1 saturated heterocycles. The Balaban J connectivity index is 1.98. The number of rotatable bonds is 0. The van der Waals surface area contributed by atoms with E-state index in [1.54, 1.807) is 0 Å². The molecule has 4 rings (SSSR count). The second-order valence-electron chi connectivity index (χ2n) is 6.44. The van der Waals surface area contributed by atoms with Crippen LogP contribution >= 0.6 is 0 Å². The number of fused-ring (bicyclic) bond motifs is 3. The monoisotopic (exact) mass is 271 g/mol. The maximum atomic E-state index is 12.8. The molecule has 2 aliphatic heterocycles. The molecule has 3 aliphatic rings. The van der Waals surface area contributed by atoms with Gasteiger partial charge >= 0.3 is 0 Å². The molecule has 0 radical (unpaired) electrons. The second-order valence-corrected chi connectivity index (χ2v) is 6.44. The van der Waals surface area contributed by atoms with Crippen molar-refractivity contribution in [1.82, 2.24) is 0 Å². The van der Waals surface area contributed by atoms with Crippen molar-refractivity contribution >= 4 is 17.5 Å². The minimum atomic E-state index is -0.573. The highest BCUT2D eigenvalue weighted by molar-refractivity contribution is 6.25. The molecule has 4 heteroatoms. The van der Waals surface area contributed by atoms with E-state index >= 15 is 0 Å². The van der Waals surface area contributed by atoms with E-state index in [1.165, 1.54) is 4.90 Å². The van der Waals surface area contributed by atoms with Crippen LogP contribution in [0, 0.1) is 30.1 Å². The van der Waals surface area contributed by atoms with Crippen LogP contribution in [0.3, 0.4) is 0 Å². The maximum Gasteiger partial charge on any atom is 0.241 e. The highest BCUT2D eigenvalue weighted by atomic mass is 16.5. The summed E-state index contributed by atoms with van der Waals surface area (Å²) in [5.41, 5.74) is 0.972. The van der Waals surface area contributed by atoms with Gasteiger partial charge < -0.3 is 4.74 Å². The predicted molar refractivity (Wildman–Crippen MR) is 73.4 cm³/mol. The summed E-state index contributed by atoms with van der Waals surface area (Å²) in [6, 6.07) is 5.65.